The molecular formula is C25H25N3O3. The molecule has 1 aliphatic rings. The van der Waals surface area contributed by atoms with E-state index in [9.17, 15) is 9.59 Å². The van der Waals surface area contributed by atoms with Crippen LogP contribution < -0.4 is 16.8 Å². The Balaban J connectivity index is 1.33. The van der Waals surface area contributed by atoms with Crippen LogP contribution in [0.25, 0.3) is 11.1 Å². The van der Waals surface area contributed by atoms with Crippen molar-refractivity contribution in [2.75, 3.05) is 6.61 Å². The SMILES string of the molecule is NC(=O)CC(N)c1ccc(CNC(=O)OCC2c3ccccc3-c3ccccc32)cc1. The second-order valence-corrected chi connectivity index (χ2v) is 7.70. The molecule has 6 heteroatoms. The molecule has 4 rings (SSSR count). The number of fused-ring (bicyclic) bond motifs is 3. The monoisotopic (exact) mass is 415 g/mol. The molecule has 0 bridgehead atoms. The molecule has 2 amide bonds. The zero-order chi connectivity index (χ0) is 21.8. The average molecular weight is 415 g/mol. The van der Waals surface area contributed by atoms with E-state index in [0.717, 1.165) is 11.1 Å². The van der Waals surface area contributed by atoms with E-state index in [2.05, 4.69) is 29.6 Å². The number of rotatable bonds is 7. The van der Waals surface area contributed by atoms with Gasteiger partial charge in [-0.25, -0.2) is 4.79 Å². The van der Waals surface area contributed by atoms with Crippen LogP contribution >= 0.6 is 0 Å². The van der Waals surface area contributed by atoms with Gasteiger partial charge in [0, 0.05) is 24.9 Å². The van der Waals surface area contributed by atoms with Crippen molar-refractivity contribution >= 4 is 12.0 Å². The summed E-state index contributed by atoms with van der Waals surface area (Å²) in [6.45, 7) is 0.614. The summed E-state index contributed by atoms with van der Waals surface area (Å²) in [5.41, 5.74) is 17.6. The largest absolute Gasteiger partial charge is 0.449 e. The maximum absolute atomic E-state index is 12.3. The predicted octanol–water partition coefficient (Wildman–Crippen LogP) is 3.60. The Morgan fingerprint density at radius 3 is 2.06 bits per heavy atom. The van der Waals surface area contributed by atoms with E-state index in [0.29, 0.717) is 6.54 Å². The van der Waals surface area contributed by atoms with Gasteiger partial charge in [0.25, 0.3) is 0 Å². The molecule has 0 heterocycles. The zero-order valence-corrected chi connectivity index (χ0v) is 17.1. The van der Waals surface area contributed by atoms with E-state index in [-0.39, 0.29) is 18.9 Å². The number of hydrogen-bond donors (Lipinski definition) is 3. The summed E-state index contributed by atoms with van der Waals surface area (Å²) in [5, 5.41) is 2.79. The first-order valence-electron chi connectivity index (χ1n) is 10.2. The molecule has 1 atom stereocenters. The molecule has 1 unspecified atom stereocenters. The number of nitrogens with one attached hydrogen (secondary N) is 1. The maximum Gasteiger partial charge on any atom is 0.407 e. The predicted molar refractivity (Wildman–Crippen MR) is 119 cm³/mol. The minimum absolute atomic E-state index is 0.0316. The minimum Gasteiger partial charge on any atom is -0.449 e. The van der Waals surface area contributed by atoms with Gasteiger partial charge < -0.3 is 21.5 Å². The molecule has 0 spiro atoms. The third-order valence-electron chi connectivity index (χ3n) is 5.61. The van der Waals surface area contributed by atoms with Gasteiger partial charge in [0.15, 0.2) is 0 Å². The fourth-order valence-electron chi connectivity index (χ4n) is 4.04. The molecule has 6 nitrogen and oxygen atoms in total. The van der Waals surface area contributed by atoms with Crippen LogP contribution in [0.15, 0.2) is 72.8 Å². The first-order valence-corrected chi connectivity index (χ1v) is 10.2. The highest BCUT2D eigenvalue weighted by molar-refractivity contribution is 5.79. The van der Waals surface area contributed by atoms with Crippen molar-refractivity contribution in [2.24, 2.45) is 11.5 Å². The summed E-state index contributed by atoms with van der Waals surface area (Å²) in [4.78, 5) is 23.3. The highest BCUT2D eigenvalue weighted by Crippen LogP contribution is 2.44. The maximum atomic E-state index is 12.3. The Morgan fingerprint density at radius 1 is 0.903 bits per heavy atom. The van der Waals surface area contributed by atoms with Gasteiger partial charge in [0.05, 0.1) is 0 Å². The van der Waals surface area contributed by atoms with E-state index in [1.54, 1.807) is 0 Å². The summed E-state index contributed by atoms with van der Waals surface area (Å²) in [6, 6.07) is 23.4. The molecule has 158 valence electrons. The number of alkyl carbamates (subject to hydrolysis) is 1. The van der Waals surface area contributed by atoms with Crippen molar-refractivity contribution in [3.63, 3.8) is 0 Å². The summed E-state index contributed by atoms with van der Waals surface area (Å²) < 4.78 is 5.55. The summed E-state index contributed by atoms with van der Waals surface area (Å²) in [6.07, 6.45) is -0.367. The minimum atomic E-state index is -0.462. The normalized spacial score (nSPS) is 13.2. The fourth-order valence-corrected chi connectivity index (χ4v) is 4.04. The molecule has 0 saturated carbocycles. The Bertz CT molecular complexity index is 1050. The van der Waals surface area contributed by atoms with Gasteiger partial charge in [-0.2, -0.15) is 0 Å². The Morgan fingerprint density at radius 2 is 1.48 bits per heavy atom. The van der Waals surface area contributed by atoms with E-state index < -0.39 is 18.0 Å². The Labute approximate surface area is 181 Å². The first-order chi connectivity index (χ1) is 15.0. The van der Waals surface area contributed by atoms with E-state index in [1.807, 2.05) is 48.5 Å². The van der Waals surface area contributed by atoms with Gasteiger partial charge in [-0.15, -0.1) is 0 Å². The topological polar surface area (TPSA) is 107 Å². The van der Waals surface area contributed by atoms with Gasteiger partial charge in [-0.05, 0) is 33.4 Å². The second kappa shape index (κ2) is 9.02. The first kappa shape index (κ1) is 20.6. The van der Waals surface area contributed by atoms with Crippen molar-refractivity contribution < 1.29 is 14.3 Å². The van der Waals surface area contributed by atoms with E-state index >= 15 is 0 Å². The molecule has 0 aliphatic heterocycles. The molecule has 0 aromatic heterocycles. The highest BCUT2D eigenvalue weighted by Gasteiger charge is 2.28. The molecule has 3 aromatic carbocycles. The molecule has 1 aliphatic carbocycles. The van der Waals surface area contributed by atoms with Crippen LogP contribution in [0.1, 0.15) is 40.6 Å². The lowest BCUT2D eigenvalue weighted by Gasteiger charge is -2.15. The lowest BCUT2D eigenvalue weighted by molar-refractivity contribution is -0.118. The Kier molecular flexibility index (Phi) is 6.00. The van der Waals surface area contributed by atoms with Crippen LogP contribution in [-0.4, -0.2) is 18.6 Å². The molecule has 0 saturated heterocycles. The van der Waals surface area contributed by atoms with Gasteiger partial charge in [-0.3, -0.25) is 4.79 Å². The number of amides is 2. The van der Waals surface area contributed by atoms with Crippen LogP contribution in [0.4, 0.5) is 4.79 Å². The fraction of sp³-hybridized carbons (Fsp3) is 0.200. The molecular weight excluding hydrogens is 390 g/mol. The standard InChI is InChI=1S/C25H25N3O3/c26-23(13-24(27)29)17-11-9-16(10-12-17)14-28-25(30)31-15-22-20-7-3-1-5-18(20)19-6-2-4-8-21(19)22/h1-12,22-23H,13-15,26H2,(H2,27,29)(H,28,30). The van der Waals surface area contributed by atoms with Gasteiger partial charge in [0.1, 0.15) is 6.61 Å². The van der Waals surface area contributed by atoms with Crippen LogP contribution in [-0.2, 0) is 16.1 Å². The average Bonchev–Trinajstić information content (AvgIpc) is 3.10. The number of primary amides is 1. The summed E-state index contributed by atoms with van der Waals surface area (Å²) in [7, 11) is 0. The van der Waals surface area contributed by atoms with E-state index in [1.165, 1.54) is 22.3 Å². The van der Waals surface area contributed by atoms with Crippen molar-refractivity contribution in [1.82, 2.24) is 5.32 Å². The van der Waals surface area contributed by atoms with Gasteiger partial charge >= 0.3 is 6.09 Å². The lowest BCUT2D eigenvalue weighted by Crippen LogP contribution is -2.25. The van der Waals surface area contributed by atoms with E-state index in [4.69, 9.17) is 16.2 Å². The number of benzene rings is 3. The van der Waals surface area contributed by atoms with Crippen LogP contribution in [0.3, 0.4) is 0 Å². The zero-order valence-electron chi connectivity index (χ0n) is 17.1. The number of carbonyl (C=O) groups is 2. The highest BCUT2D eigenvalue weighted by atomic mass is 16.5. The smallest absolute Gasteiger partial charge is 0.407 e. The number of ether oxygens (including phenoxy) is 1. The third kappa shape index (κ3) is 4.59. The molecule has 0 radical (unpaired) electrons. The van der Waals surface area contributed by atoms with Crippen LogP contribution in [0.2, 0.25) is 0 Å². The lowest BCUT2D eigenvalue weighted by atomic mass is 9.98. The number of carbonyl (C=O) groups excluding carboxylic acids is 2. The number of hydrogen-bond acceptors (Lipinski definition) is 4. The van der Waals surface area contributed by atoms with Gasteiger partial charge in [-0.1, -0.05) is 72.8 Å². The second-order valence-electron chi connectivity index (χ2n) is 7.70. The van der Waals surface area contributed by atoms with Crippen molar-refractivity contribution in [3.05, 3.63) is 95.1 Å². The number of nitrogens with two attached hydrogens (primary N) is 2. The van der Waals surface area contributed by atoms with Crippen molar-refractivity contribution in [1.29, 1.82) is 0 Å². The van der Waals surface area contributed by atoms with Crippen molar-refractivity contribution in [3.8, 4) is 11.1 Å². The van der Waals surface area contributed by atoms with Crippen LogP contribution in [0.5, 0.6) is 0 Å². The third-order valence-corrected chi connectivity index (χ3v) is 5.61. The summed E-state index contributed by atoms with van der Waals surface area (Å²) >= 11 is 0. The Hall–Kier alpha value is -3.64. The molecule has 31 heavy (non-hydrogen) atoms. The molecule has 3 aromatic rings. The molecule has 0 fully saturated rings. The molecule has 5 N–H and O–H groups in total. The van der Waals surface area contributed by atoms with Crippen LogP contribution in [0, 0.1) is 0 Å². The summed E-state index contributed by atoms with van der Waals surface area (Å²) in [5.74, 6) is -0.405. The van der Waals surface area contributed by atoms with Crippen molar-refractivity contribution in [2.45, 2.75) is 24.9 Å². The van der Waals surface area contributed by atoms with Gasteiger partial charge in [0.2, 0.25) is 5.91 Å². The quantitative estimate of drug-likeness (QED) is 0.548.